The molecule has 0 fully saturated rings. The molecule has 4 aromatic rings. The zero-order chi connectivity index (χ0) is 17.2. The van der Waals surface area contributed by atoms with Crippen LogP contribution in [-0.2, 0) is 0 Å². The Morgan fingerprint density at radius 1 is 1.00 bits per heavy atom. The van der Waals surface area contributed by atoms with Crippen molar-refractivity contribution in [1.82, 2.24) is 15.2 Å². The second-order valence-corrected chi connectivity index (χ2v) is 5.51. The van der Waals surface area contributed by atoms with Gasteiger partial charge >= 0.3 is 0 Å². The van der Waals surface area contributed by atoms with Crippen molar-refractivity contribution in [2.24, 2.45) is 0 Å². The molecule has 0 radical (unpaired) electrons. The summed E-state index contributed by atoms with van der Waals surface area (Å²) >= 11 is 0. The molecule has 25 heavy (non-hydrogen) atoms. The second kappa shape index (κ2) is 6.16. The number of nitrogens with zero attached hydrogens (tertiary/aromatic N) is 2. The molecule has 0 atom stereocenters. The minimum atomic E-state index is -0.338. The van der Waals surface area contributed by atoms with Gasteiger partial charge in [0.25, 0.3) is 5.91 Å². The highest BCUT2D eigenvalue weighted by molar-refractivity contribution is 6.07. The predicted octanol–water partition coefficient (Wildman–Crippen LogP) is 4.02. The number of fused-ring (bicyclic) bond motifs is 1. The number of halogens is 1. The van der Waals surface area contributed by atoms with Gasteiger partial charge < -0.3 is 5.32 Å². The molecule has 2 heterocycles. The molecule has 4 rings (SSSR count). The van der Waals surface area contributed by atoms with Gasteiger partial charge in [-0.05, 0) is 42.5 Å². The van der Waals surface area contributed by atoms with E-state index in [1.54, 1.807) is 18.2 Å². The van der Waals surface area contributed by atoms with E-state index >= 15 is 0 Å². The number of aromatic amines is 1. The van der Waals surface area contributed by atoms with Crippen molar-refractivity contribution in [2.45, 2.75) is 0 Å². The van der Waals surface area contributed by atoms with Crippen LogP contribution in [0.5, 0.6) is 0 Å². The van der Waals surface area contributed by atoms with Gasteiger partial charge in [-0.1, -0.05) is 18.2 Å². The number of nitrogens with one attached hydrogen (secondary N) is 2. The van der Waals surface area contributed by atoms with E-state index in [1.165, 1.54) is 18.3 Å². The van der Waals surface area contributed by atoms with Gasteiger partial charge in [0.1, 0.15) is 11.6 Å². The van der Waals surface area contributed by atoms with Crippen LogP contribution in [0.15, 0.2) is 66.9 Å². The lowest BCUT2D eigenvalue weighted by Crippen LogP contribution is -2.13. The molecule has 0 unspecified atom stereocenters. The summed E-state index contributed by atoms with van der Waals surface area (Å²) in [6, 6.07) is 17.2. The summed E-state index contributed by atoms with van der Waals surface area (Å²) in [4.78, 5) is 17.0. The highest BCUT2D eigenvalue weighted by Crippen LogP contribution is 2.22. The molecule has 5 nitrogen and oxygen atoms in total. The van der Waals surface area contributed by atoms with Crippen LogP contribution < -0.4 is 5.32 Å². The number of pyridine rings is 1. The molecule has 122 valence electrons. The highest BCUT2D eigenvalue weighted by atomic mass is 19.1. The molecular formula is C19H13FN4O. The zero-order valence-corrected chi connectivity index (χ0v) is 13.0. The lowest BCUT2D eigenvalue weighted by molar-refractivity contribution is 0.102. The lowest BCUT2D eigenvalue weighted by atomic mass is 10.1. The Balaban J connectivity index is 1.63. The van der Waals surface area contributed by atoms with Crippen molar-refractivity contribution in [3.05, 3.63) is 78.2 Å². The van der Waals surface area contributed by atoms with Crippen molar-refractivity contribution in [3.63, 3.8) is 0 Å². The second-order valence-electron chi connectivity index (χ2n) is 5.51. The van der Waals surface area contributed by atoms with Crippen LogP contribution in [0.4, 0.5) is 10.2 Å². The summed E-state index contributed by atoms with van der Waals surface area (Å²) in [6.07, 6.45) is 1.44. The number of anilines is 1. The molecule has 0 saturated carbocycles. The molecule has 2 aromatic heterocycles. The van der Waals surface area contributed by atoms with Gasteiger partial charge in [0.15, 0.2) is 0 Å². The fourth-order valence-electron chi connectivity index (χ4n) is 2.61. The van der Waals surface area contributed by atoms with Crippen LogP contribution in [0.25, 0.3) is 22.2 Å². The summed E-state index contributed by atoms with van der Waals surface area (Å²) in [5.41, 5.74) is 2.36. The summed E-state index contributed by atoms with van der Waals surface area (Å²) in [5, 5.41) is 10.5. The maximum absolute atomic E-state index is 13.1. The van der Waals surface area contributed by atoms with Gasteiger partial charge in [0, 0.05) is 10.9 Å². The van der Waals surface area contributed by atoms with Crippen molar-refractivity contribution in [2.75, 3.05) is 5.32 Å². The number of rotatable bonds is 3. The van der Waals surface area contributed by atoms with Crippen molar-refractivity contribution >= 4 is 22.6 Å². The minimum absolute atomic E-state index is 0.337. The van der Waals surface area contributed by atoms with E-state index in [-0.39, 0.29) is 11.7 Å². The molecule has 0 aliphatic heterocycles. The van der Waals surface area contributed by atoms with E-state index in [9.17, 15) is 9.18 Å². The summed E-state index contributed by atoms with van der Waals surface area (Å²) in [6.45, 7) is 0. The Morgan fingerprint density at radius 2 is 1.80 bits per heavy atom. The van der Waals surface area contributed by atoms with E-state index in [4.69, 9.17) is 0 Å². The Morgan fingerprint density at radius 3 is 2.64 bits per heavy atom. The molecule has 0 aliphatic carbocycles. The van der Waals surface area contributed by atoms with E-state index in [1.807, 2.05) is 30.3 Å². The molecule has 0 spiro atoms. The van der Waals surface area contributed by atoms with Crippen molar-refractivity contribution in [1.29, 1.82) is 0 Å². The van der Waals surface area contributed by atoms with E-state index in [0.29, 0.717) is 22.6 Å². The third-order valence-corrected chi connectivity index (χ3v) is 3.86. The van der Waals surface area contributed by atoms with Crippen molar-refractivity contribution < 1.29 is 9.18 Å². The maximum Gasteiger partial charge on any atom is 0.260 e. The summed E-state index contributed by atoms with van der Waals surface area (Å²) < 4.78 is 13.1. The Hall–Kier alpha value is -3.54. The number of carbonyl (C=O) groups excluding carboxylic acids is 1. The predicted molar refractivity (Wildman–Crippen MR) is 93.7 cm³/mol. The number of hydrogen-bond acceptors (Lipinski definition) is 3. The van der Waals surface area contributed by atoms with E-state index < -0.39 is 0 Å². The number of benzene rings is 2. The normalized spacial score (nSPS) is 10.8. The van der Waals surface area contributed by atoms with Gasteiger partial charge in [-0.2, -0.15) is 5.10 Å². The summed E-state index contributed by atoms with van der Waals surface area (Å²) in [5.74, 6) is -0.222. The zero-order valence-electron chi connectivity index (χ0n) is 13.0. The third-order valence-electron chi connectivity index (χ3n) is 3.86. The van der Waals surface area contributed by atoms with Crippen LogP contribution in [0.2, 0.25) is 0 Å². The van der Waals surface area contributed by atoms with E-state index in [2.05, 4.69) is 20.5 Å². The monoisotopic (exact) mass is 332 g/mol. The number of hydrogen-bond donors (Lipinski definition) is 2. The van der Waals surface area contributed by atoms with Gasteiger partial charge in [0.2, 0.25) is 0 Å². The average Bonchev–Trinajstić information content (AvgIpc) is 3.12. The fraction of sp³-hybridized carbons (Fsp3) is 0. The molecule has 2 N–H and O–H groups in total. The van der Waals surface area contributed by atoms with Crippen LogP contribution in [0.1, 0.15) is 10.4 Å². The number of amides is 1. The van der Waals surface area contributed by atoms with Gasteiger partial charge in [-0.25, -0.2) is 9.37 Å². The first-order valence-corrected chi connectivity index (χ1v) is 7.67. The molecule has 0 saturated heterocycles. The molecule has 0 bridgehead atoms. The SMILES string of the molecule is O=C(Nc1ccc2ccccc2n1)c1cn[nH]c1-c1ccc(F)cc1. The molecule has 6 heteroatoms. The first-order valence-electron chi connectivity index (χ1n) is 7.67. The molecule has 1 amide bonds. The van der Waals surface area contributed by atoms with Crippen LogP contribution >= 0.6 is 0 Å². The minimum Gasteiger partial charge on any atom is -0.306 e. The van der Waals surface area contributed by atoms with Crippen LogP contribution in [0.3, 0.4) is 0 Å². The Bertz CT molecular complexity index is 1060. The number of para-hydroxylation sites is 1. The number of aromatic nitrogens is 3. The Kier molecular flexibility index (Phi) is 3.70. The quantitative estimate of drug-likeness (QED) is 0.595. The lowest BCUT2D eigenvalue weighted by Gasteiger charge is -2.06. The maximum atomic E-state index is 13.1. The molecular weight excluding hydrogens is 319 g/mol. The number of carbonyl (C=O) groups is 1. The van der Waals surface area contributed by atoms with Crippen LogP contribution in [-0.4, -0.2) is 21.1 Å². The average molecular weight is 332 g/mol. The third kappa shape index (κ3) is 2.97. The van der Waals surface area contributed by atoms with Gasteiger partial charge in [-0.3, -0.25) is 9.89 Å². The smallest absolute Gasteiger partial charge is 0.260 e. The summed E-state index contributed by atoms with van der Waals surface area (Å²) in [7, 11) is 0. The van der Waals surface area contributed by atoms with Crippen molar-refractivity contribution in [3.8, 4) is 11.3 Å². The molecule has 2 aromatic carbocycles. The fourth-order valence-corrected chi connectivity index (χ4v) is 2.61. The van der Waals surface area contributed by atoms with Gasteiger partial charge in [-0.15, -0.1) is 0 Å². The first kappa shape index (κ1) is 15.0. The Labute approximate surface area is 142 Å². The van der Waals surface area contributed by atoms with E-state index in [0.717, 1.165) is 10.9 Å². The topological polar surface area (TPSA) is 70.7 Å². The standard InChI is InChI=1S/C19H13FN4O/c20-14-8-5-13(6-9-14)18-15(11-21-24-18)19(25)23-17-10-7-12-3-1-2-4-16(12)22-17/h1-11H,(H,21,24)(H,22,23,25). The highest BCUT2D eigenvalue weighted by Gasteiger charge is 2.16. The molecule has 0 aliphatic rings. The number of H-pyrrole nitrogens is 1. The first-order chi connectivity index (χ1) is 12.2. The van der Waals surface area contributed by atoms with Crippen LogP contribution in [0, 0.1) is 5.82 Å². The largest absolute Gasteiger partial charge is 0.306 e. The van der Waals surface area contributed by atoms with Gasteiger partial charge in [0.05, 0.1) is 23.0 Å².